The number of ether oxygens (including phenoxy) is 2. The molecule has 1 aliphatic heterocycles. The lowest BCUT2D eigenvalue weighted by atomic mass is 9.32. The van der Waals surface area contributed by atoms with Crippen molar-refractivity contribution >= 4 is 11.9 Å². The van der Waals surface area contributed by atoms with Gasteiger partial charge in [0.25, 0.3) is 0 Å². The SMILES string of the molecule is CC(=O)OC[C@@]1([C@@H]2CC[C@]3(C(=O)O)CC[C@]4(C)C(CC[C@@H]5[C@@]6(C)CC[C@@H](O)C(C)(C)[C@@H]6CC[C@]54C)[C@H]23)CO1. The van der Waals surface area contributed by atoms with Crippen molar-refractivity contribution in [3.8, 4) is 0 Å². The molecule has 6 aliphatic rings. The van der Waals surface area contributed by atoms with Crippen LogP contribution < -0.4 is 0 Å². The van der Waals surface area contributed by atoms with E-state index in [9.17, 15) is 19.8 Å². The zero-order valence-electron chi connectivity index (χ0n) is 24.5. The first kappa shape index (κ1) is 27.1. The van der Waals surface area contributed by atoms with Gasteiger partial charge in [-0.05, 0) is 115 Å². The zero-order valence-corrected chi connectivity index (χ0v) is 24.5. The summed E-state index contributed by atoms with van der Waals surface area (Å²) in [6.45, 7) is 14.4. The van der Waals surface area contributed by atoms with Crippen molar-refractivity contribution in [2.75, 3.05) is 13.2 Å². The summed E-state index contributed by atoms with van der Waals surface area (Å²) in [4.78, 5) is 24.7. The molecule has 1 saturated heterocycles. The van der Waals surface area contributed by atoms with E-state index in [0.717, 1.165) is 57.8 Å². The molecule has 6 nitrogen and oxygen atoms in total. The number of fused-ring (bicyclic) bond motifs is 7. The number of carbonyl (C=O) groups is 2. The van der Waals surface area contributed by atoms with E-state index in [-0.39, 0.29) is 52.2 Å². The van der Waals surface area contributed by atoms with Crippen LogP contribution in [0.3, 0.4) is 0 Å². The summed E-state index contributed by atoms with van der Waals surface area (Å²) < 4.78 is 11.6. The molecule has 6 heteroatoms. The predicted molar refractivity (Wildman–Crippen MR) is 143 cm³/mol. The highest BCUT2D eigenvalue weighted by molar-refractivity contribution is 5.76. The molecule has 0 spiro atoms. The molecular weight excluding hydrogens is 480 g/mol. The molecule has 38 heavy (non-hydrogen) atoms. The molecule has 214 valence electrons. The van der Waals surface area contributed by atoms with Crippen LogP contribution in [0.15, 0.2) is 0 Å². The minimum absolute atomic E-state index is 0.0599. The van der Waals surface area contributed by atoms with Crippen LogP contribution in [-0.4, -0.2) is 47.1 Å². The largest absolute Gasteiger partial charge is 0.481 e. The van der Waals surface area contributed by atoms with Gasteiger partial charge < -0.3 is 19.7 Å². The Morgan fingerprint density at radius 3 is 2.18 bits per heavy atom. The normalized spacial score (nSPS) is 54.6. The van der Waals surface area contributed by atoms with Gasteiger partial charge in [-0.1, -0.05) is 34.6 Å². The van der Waals surface area contributed by atoms with Crippen LogP contribution in [0, 0.1) is 56.7 Å². The van der Waals surface area contributed by atoms with Gasteiger partial charge in [0.05, 0.1) is 18.1 Å². The highest BCUT2D eigenvalue weighted by atomic mass is 16.6. The number of esters is 1. The van der Waals surface area contributed by atoms with Gasteiger partial charge in [0.2, 0.25) is 0 Å². The third-order valence-electron chi connectivity index (χ3n) is 14.5. The first-order chi connectivity index (χ1) is 17.7. The number of rotatable bonds is 4. The molecular formula is C32H50O6. The number of aliphatic hydroxyl groups excluding tert-OH is 1. The second kappa shape index (κ2) is 8.21. The molecule has 1 unspecified atom stereocenters. The summed E-state index contributed by atoms with van der Waals surface area (Å²) >= 11 is 0. The fourth-order valence-electron chi connectivity index (χ4n) is 12.3. The molecule has 1 heterocycles. The number of hydrogen-bond donors (Lipinski definition) is 2. The van der Waals surface area contributed by atoms with E-state index in [2.05, 4.69) is 34.6 Å². The lowest BCUT2D eigenvalue weighted by Crippen LogP contribution is -2.67. The van der Waals surface area contributed by atoms with E-state index in [0.29, 0.717) is 30.8 Å². The molecule has 0 aromatic heterocycles. The Morgan fingerprint density at radius 2 is 1.55 bits per heavy atom. The Kier molecular flexibility index (Phi) is 5.84. The molecule has 0 aromatic carbocycles. The molecule has 11 atom stereocenters. The van der Waals surface area contributed by atoms with E-state index in [1.54, 1.807) is 0 Å². The van der Waals surface area contributed by atoms with E-state index < -0.39 is 17.0 Å². The Hall–Kier alpha value is -1.14. The third-order valence-corrected chi connectivity index (χ3v) is 14.5. The third kappa shape index (κ3) is 3.25. The van der Waals surface area contributed by atoms with E-state index in [1.165, 1.54) is 6.92 Å². The van der Waals surface area contributed by atoms with Crippen LogP contribution in [0.2, 0.25) is 0 Å². The predicted octanol–water partition coefficient (Wildman–Crippen LogP) is 5.85. The first-order valence-corrected chi connectivity index (χ1v) is 15.4. The Bertz CT molecular complexity index is 1020. The molecule has 0 bridgehead atoms. The summed E-state index contributed by atoms with van der Waals surface area (Å²) in [6.07, 6.45) is 9.54. The number of carbonyl (C=O) groups excluding carboxylic acids is 1. The first-order valence-electron chi connectivity index (χ1n) is 15.4. The minimum atomic E-state index is -0.689. The van der Waals surface area contributed by atoms with Crippen molar-refractivity contribution in [1.29, 1.82) is 0 Å². The van der Waals surface area contributed by atoms with Crippen LogP contribution >= 0.6 is 0 Å². The van der Waals surface area contributed by atoms with Crippen molar-refractivity contribution in [2.45, 2.75) is 117 Å². The van der Waals surface area contributed by atoms with Crippen LogP contribution in [0.25, 0.3) is 0 Å². The molecule has 0 aromatic rings. The van der Waals surface area contributed by atoms with Crippen molar-refractivity contribution in [2.24, 2.45) is 56.7 Å². The molecule has 6 rings (SSSR count). The summed E-state index contributed by atoms with van der Waals surface area (Å²) in [5, 5.41) is 21.7. The van der Waals surface area contributed by atoms with Gasteiger partial charge >= 0.3 is 11.9 Å². The number of carboxylic acids is 1. The maximum Gasteiger partial charge on any atom is 0.309 e. The second-order valence-electron chi connectivity index (χ2n) is 15.8. The van der Waals surface area contributed by atoms with Crippen LogP contribution in [-0.2, 0) is 19.1 Å². The van der Waals surface area contributed by atoms with Crippen LogP contribution in [0.4, 0.5) is 0 Å². The Morgan fingerprint density at radius 1 is 0.842 bits per heavy atom. The number of epoxide rings is 1. The highest BCUT2D eigenvalue weighted by Crippen LogP contribution is 2.78. The fraction of sp³-hybridized carbons (Fsp3) is 0.938. The van der Waals surface area contributed by atoms with Crippen molar-refractivity contribution in [3.63, 3.8) is 0 Å². The van der Waals surface area contributed by atoms with Gasteiger partial charge in [-0.15, -0.1) is 0 Å². The molecule has 5 aliphatic carbocycles. The summed E-state index contributed by atoms with van der Waals surface area (Å²) in [5.41, 5.74) is -0.850. The lowest BCUT2D eigenvalue weighted by Gasteiger charge is -2.72. The number of aliphatic hydroxyl groups is 1. The molecule has 0 amide bonds. The maximum atomic E-state index is 13.0. The van der Waals surface area contributed by atoms with Crippen LogP contribution in [0.5, 0.6) is 0 Å². The van der Waals surface area contributed by atoms with Gasteiger partial charge in [0, 0.05) is 6.92 Å². The standard InChI is InChI=1S/C32H50O6/c1-19(33)37-17-32(18-38-32)21-9-14-31(26(35)36)16-15-29(5)20(25(21)31)7-8-23-28(4)12-11-24(34)27(2,3)22(28)10-13-30(23,29)6/h20-25,34H,7-18H2,1-6H3,(H,35,36)/t20?,21-,22+,23-,24-,25-,28+,29-,30-,31+,32+/m1/s1. The van der Waals surface area contributed by atoms with Crippen LogP contribution in [0.1, 0.15) is 106 Å². The summed E-state index contributed by atoms with van der Waals surface area (Å²) in [5.74, 6) is 0.705. The van der Waals surface area contributed by atoms with Gasteiger partial charge in [-0.3, -0.25) is 9.59 Å². The smallest absolute Gasteiger partial charge is 0.309 e. The van der Waals surface area contributed by atoms with Crippen molar-refractivity contribution < 1.29 is 29.3 Å². The Labute approximate surface area is 228 Å². The molecule has 6 fully saturated rings. The quantitative estimate of drug-likeness (QED) is 0.350. The van der Waals surface area contributed by atoms with Crippen molar-refractivity contribution in [3.05, 3.63) is 0 Å². The van der Waals surface area contributed by atoms with E-state index >= 15 is 0 Å². The number of hydrogen-bond acceptors (Lipinski definition) is 5. The number of aliphatic carboxylic acids is 1. The van der Waals surface area contributed by atoms with Gasteiger partial charge in [0.1, 0.15) is 12.2 Å². The molecule has 2 N–H and O–H groups in total. The fourth-order valence-corrected chi connectivity index (χ4v) is 12.3. The number of carboxylic acid groups (broad SMARTS) is 1. The van der Waals surface area contributed by atoms with Crippen molar-refractivity contribution in [1.82, 2.24) is 0 Å². The summed E-state index contributed by atoms with van der Waals surface area (Å²) in [6, 6.07) is 0. The average Bonchev–Trinajstić information content (AvgIpc) is 3.52. The molecule has 0 radical (unpaired) electrons. The average molecular weight is 531 g/mol. The van der Waals surface area contributed by atoms with E-state index in [4.69, 9.17) is 9.47 Å². The monoisotopic (exact) mass is 530 g/mol. The lowest BCUT2D eigenvalue weighted by molar-refractivity contribution is -0.250. The Balaban J connectivity index is 1.38. The van der Waals surface area contributed by atoms with Gasteiger partial charge in [0.15, 0.2) is 0 Å². The van der Waals surface area contributed by atoms with Gasteiger partial charge in [-0.2, -0.15) is 0 Å². The zero-order chi connectivity index (χ0) is 27.5. The topological polar surface area (TPSA) is 96.4 Å². The minimum Gasteiger partial charge on any atom is -0.481 e. The van der Waals surface area contributed by atoms with Gasteiger partial charge in [-0.25, -0.2) is 0 Å². The second-order valence-corrected chi connectivity index (χ2v) is 15.8. The summed E-state index contributed by atoms with van der Waals surface area (Å²) in [7, 11) is 0. The molecule has 5 saturated carbocycles. The maximum absolute atomic E-state index is 13.0. The van der Waals surface area contributed by atoms with E-state index in [1.807, 2.05) is 0 Å². The highest BCUT2D eigenvalue weighted by Gasteiger charge is 2.74.